The van der Waals surface area contributed by atoms with Crippen LogP contribution in [0.3, 0.4) is 0 Å². The Morgan fingerprint density at radius 3 is 2.64 bits per heavy atom. The zero-order chi connectivity index (χ0) is 16.2. The van der Waals surface area contributed by atoms with Gasteiger partial charge in [0.05, 0.1) is 6.26 Å². The number of sulfonamides is 1. The average Bonchev–Trinajstić information content (AvgIpc) is 2.82. The first kappa shape index (κ1) is 16.5. The van der Waals surface area contributed by atoms with E-state index in [2.05, 4.69) is 17.0 Å². The van der Waals surface area contributed by atoms with E-state index in [1.165, 1.54) is 0 Å². The maximum absolute atomic E-state index is 12.3. The summed E-state index contributed by atoms with van der Waals surface area (Å²) in [6, 6.07) is 9.73. The van der Waals surface area contributed by atoms with Crippen molar-refractivity contribution in [3.63, 3.8) is 0 Å². The molecule has 1 heterocycles. The van der Waals surface area contributed by atoms with Gasteiger partial charge in [-0.3, -0.25) is 4.79 Å². The molecule has 0 saturated heterocycles. The molecule has 0 fully saturated rings. The van der Waals surface area contributed by atoms with Gasteiger partial charge < -0.3 is 9.88 Å². The molecule has 2 N–H and O–H groups in total. The van der Waals surface area contributed by atoms with Crippen molar-refractivity contribution < 1.29 is 13.2 Å². The molecule has 6 nitrogen and oxygen atoms in total. The van der Waals surface area contributed by atoms with Crippen molar-refractivity contribution in [3.05, 3.63) is 36.0 Å². The second-order valence-corrected chi connectivity index (χ2v) is 7.00. The van der Waals surface area contributed by atoms with Gasteiger partial charge in [0.2, 0.25) is 10.0 Å². The molecule has 0 atom stereocenters. The van der Waals surface area contributed by atoms with Crippen LogP contribution in [0.4, 0.5) is 0 Å². The minimum Gasteiger partial charge on any atom is -0.349 e. The summed E-state index contributed by atoms with van der Waals surface area (Å²) in [6.45, 7) is 3.25. The van der Waals surface area contributed by atoms with Crippen LogP contribution in [0.2, 0.25) is 0 Å². The lowest BCUT2D eigenvalue weighted by atomic mass is 10.2. The smallest absolute Gasteiger partial charge is 0.267 e. The second kappa shape index (κ2) is 6.93. The summed E-state index contributed by atoms with van der Waals surface area (Å²) < 4.78 is 26.3. The van der Waals surface area contributed by atoms with Crippen LogP contribution >= 0.6 is 0 Å². The van der Waals surface area contributed by atoms with E-state index in [0.29, 0.717) is 5.69 Å². The number of carbonyl (C=O) groups is 1. The van der Waals surface area contributed by atoms with Gasteiger partial charge in [0, 0.05) is 30.5 Å². The van der Waals surface area contributed by atoms with Crippen molar-refractivity contribution in [2.75, 3.05) is 19.3 Å². The highest BCUT2D eigenvalue weighted by atomic mass is 32.2. The summed E-state index contributed by atoms with van der Waals surface area (Å²) in [6.07, 6.45) is 2.02. The molecule has 0 bridgehead atoms. The Labute approximate surface area is 130 Å². The molecule has 2 aromatic rings. The van der Waals surface area contributed by atoms with Crippen LogP contribution in [-0.4, -0.2) is 38.2 Å². The fourth-order valence-corrected chi connectivity index (χ4v) is 2.84. The number of benzene rings is 1. The molecule has 2 rings (SSSR count). The lowest BCUT2D eigenvalue weighted by Crippen LogP contribution is -2.35. The fraction of sp³-hybridized carbons (Fsp3) is 0.400. The summed E-state index contributed by atoms with van der Waals surface area (Å²) in [5, 5.41) is 3.77. The van der Waals surface area contributed by atoms with E-state index in [9.17, 15) is 13.2 Å². The SMILES string of the molecule is CCCn1c(C(=O)NCCNS(C)(=O)=O)cc2ccccc21. The highest BCUT2D eigenvalue weighted by Gasteiger charge is 2.14. The van der Waals surface area contributed by atoms with Crippen LogP contribution in [0.15, 0.2) is 30.3 Å². The van der Waals surface area contributed by atoms with Crippen molar-refractivity contribution in [3.8, 4) is 0 Å². The predicted molar refractivity (Wildman–Crippen MR) is 87.4 cm³/mol. The third-order valence-electron chi connectivity index (χ3n) is 3.27. The number of para-hydroxylation sites is 1. The van der Waals surface area contributed by atoms with Crippen molar-refractivity contribution in [2.45, 2.75) is 19.9 Å². The van der Waals surface area contributed by atoms with Gasteiger partial charge in [0.1, 0.15) is 5.69 Å². The Hall–Kier alpha value is -1.86. The maximum Gasteiger partial charge on any atom is 0.267 e. The number of hydrogen-bond acceptors (Lipinski definition) is 3. The van der Waals surface area contributed by atoms with Crippen molar-refractivity contribution in [1.82, 2.24) is 14.6 Å². The average molecular weight is 323 g/mol. The van der Waals surface area contributed by atoms with Crippen LogP contribution in [0.25, 0.3) is 10.9 Å². The van der Waals surface area contributed by atoms with E-state index >= 15 is 0 Å². The molecule has 0 aliphatic heterocycles. The van der Waals surface area contributed by atoms with Gasteiger partial charge in [-0.25, -0.2) is 13.1 Å². The molecule has 0 spiro atoms. The molecule has 1 aromatic carbocycles. The number of nitrogens with one attached hydrogen (secondary N) is 2. The number of amides is 1. The predicted octanol–water partition coefficient (Wildman–Crippen LogP) is 1.33. The summed E-state index contributed by atoms with van der Waals surface area (Å²) in [5.74, 6) is -0.194. The minimum atomic E-state index is -3.23. The zero-order valence-electron chi connectivity index (χ0n) is 12.8. The molecular weight excluding hydrogens is 302 g/mol. The quantitative estimate of drug-likeness (QED) is 0.754. The highest BCUT2D eigenvalue weighted by molar-refractivity contribution is 7.88. The molecule has 0 aliphatic carbocycles. The van der Waals surface area contributed by atoms with Crippen LogP contribution in [0.1, 0.15) is 23.8 Å². The Balaban J connectivity index is 2.12. The Kier molecular flexibility index (Phi) is 5.20. The zero-order valence-corrected chi connectivity index (χ0v) is 13.6. The Bertz CT molecular complexity index is 765. The van der Waals surface area contributed by atoms with Crippen LogP contribution in [0, 0.1) is 0 Å². The maximum atomic E-state index is 12.3. The third-order valence-corrected chi connectivity index (χ3v) is 3.99. The van der Waals surface area contributed by atoms with Gasteiger partial charge in [-0.2, -0.15) is 0 Å². The molecule has 1 aromatic heterocycles. The van der Waals surface area contributed by atoms with E-state index in [1.807, 2.05) is 34.9 Å². The third kappa shape index (κ3) is 4.08. The van der Waals surface area contributed by atoms with E-state index in [4.69, 9.17) is 0 Å². The first-order chi connectivity index (χ1) is 10.4. The van der Waals surface area contributed by atoms with Crippen molar-refractivity contribution >= 4 is 26.8 Å². The molecule has 7 heteroatoms. The number of nitrogens with zero attached hydrogens (tertiary/aromatic N) is 1. The number of aromatic nitrogens is 1. The molecular formula is C15H21N3O3S. The summed E-state index contributed by atoms with van der Waals surface area (Å²) >= 11 is 0. The van der Waals surface area contributed by atoms with Gasteiger partial charge in [-0.05, 0) is 18.6 Å². The lowest BCUT2D eigenvalue weighted by molar-refractivity contribution is 0.0945. The van der Waals surface area contributed by atoms with Gasteiger partial charge in [0.15, 0.2) is 0 Å². The molecule has 22 heavy (non-hydrogen) atoms. The molecule has 0 unspecified atom stereocenters. The molecule has 0 saturated carbocycles. The van der Waals surface area contributed by atoms with Crippen LogP contribution in [0.5, 0.6) is 0 Å². The van der Waals surface area contributed by atoms with Gasteiger partial charge in [0.25, 0.3) is 5.91 Å². The number of hydrogen-bond donors (Lipinski definition) is 2. The summed E-state index contributed by atoms with van der Waals surface area (Å²) in [4.78, 5) is 12.3. The van der Waals surface area contributed by atoms with Crippen molar-refractivity contribution in [2.24, 2.45) is 0 Å². The Morgan fingerprint density at radius 1 is 1.23 bits per heavy atom. The van der Waals surface area contributed by atoms with Gasteiger partial charge >= 0.3 is 0 Å². The second-order valence-electron chi connectivity index (χ2n) is 5.16. The number of rotatable bonds is 7. The fourth-order valence-electron chi connectivity index (χ4n) is 2.37. The summed E-state index contributed by atoms with van der Waals surface area (Å²) in [7, 11) is -3.23. The standard InChI is InChI=1S/C15H21N3O3S/c1-3-10-18-13-7-5-4-6-12(13)11-14(18)15(19)16-8-9-17-22(2,20)21/h4-7,11,17H,3,8-10H2,1-2H3,(H,16,19). The largest absolute Gasteiger partial charge is 0.349 e. The van der Waals surface area contributed by atoms with Crippen molar-refractivity contribution in [1.29, 1.82) is 0 Å². The van der Waals surface area contributed by atoms with E-state index < -0.39 is 10.0 Å². The number of carbonyl (C=O) groups excluding carboxylic acids is 1. The molecule has 120 valence electrons. The number of fused-ring (bicyclic) bond motifs is 1. The molecule has 1 amide bonds. The van der Waals surface area contributed by atoms with Gasteiger partial charge in [-0.15, -0.1) is 0 Å². The molecule has 0 radical (unpaired) electrons. The minimum absolute atomic E-state index is 0.179. The first-order valence-corrected chi connectivity index (χ1v) is 9.12. The van der Waals surface area contributed by atoms with E-state index in [1.54, 1.807) is 0 Å². The topological polar surface area (TPSA) is 80.2 Å². The Morgan fingerprint density at radius 2 is 1.95 bits per heavy atom. The van der Waals surface area contributed by atoms with E-state index in [-0.39, 0.29) is 19.0 Å². The van der Waals surface area contributed by atoms with Gasteiger partial charge in [-0.1, -0.05) is 25.1 Å². The number of aryl methyl sites for hydroxylation is 1. The lowest BCUT2D eigenvalue weighted by Gasteiger charge is -2.10. The summed E-state index contributed by atoms with van der Waals surface area (Å²) in [5.41, 5.74) is 1.63. The van der Waals surface area contributed by atoms with Crippen LogP contribution < -0.4 is 10.0 Å². The first-order valence-electron chi connectivity index (χ1n) is 7.23. The normalized spacial score (nSPS) is 11.7. The molecule has 0 aliphatic rings. The van der Waals surface area contributed by atoms with E-state index in [0.717, 1.165) is 30.1 Å². The van der Waals surface area contributed by atoms with Crippen LogP contribution in [-0.2, 0) is 16.6 Å². The monoisotopic (exact) mass is 323 g/mol. The highest BCUT2D eigenvalue weighted by Crippen LogP contribution is 2.20.